The number of nitrogens with zero attached hydrogens (tertiary/aromatic N) is 1. The predicted molar refractivity (Wildman–Crippen MR) is 81.0 cm³/mol. The van der Waals surface area contributed by atoms with Gasteiger partial charge in [0, 0.05) is 16.7 Å². The summed E-state index contributed by atoms with van der Waals surface area (Å²) in [6, 6.07) is 9.72. The van der Waals surface area contributed by atoms with Crippen LogP contribution in [0.15, 0.2) is 40.9 Å². The maximum atomic E-state index is 10.8. The Balaban J connectivity index is 2.19. The fourth-order valence-electron chi connectivity index (χ4n) is 1.63. The highest BCUT2D eigenvalue weighted by Crippen LogP contribution is 2.30. The normalized spacial score (nSPS) is 10.3. The first-order valence-corrected chi connectivity index (χ1v) is 6.75. The molecule has 20 heavy (non-hydrogen) atoms. The van der Waals surface area contributed by atoms with E-state index in [-0.39, 0.29) is 18.0 Å². The van der Waals surface area contributed by atoms with Crippen LogP contribution in [0.2, 0.25) is 5.02 Å². The average molecular weight is 358 g/mol. The molecule has 0 radical (unpaired) electrons. The zero-order valence-electron chi connectivity index (χ0n) is 10.2. The fourth-order valence-corrected chi connectivity index (χ4v) is 2.43. The number of nitro groups is 1. The first-order valence-electron chi connectivity index (χ1n) is 5.58. The van der Waals surface area contributed by atoms with Crippen molar-refractivity contribution in [3.63, 3.8) is 0 Å². The van der Waals surface area contributed by atoms with Crippen LogP contribution in [0.5, 0.6) is 5.75 Å². The SMILES string of the molecule is Nc1c(COc2ccc(Cl)cc2Br)cccc1[N+](=O)[O-]. The first-order chi connectivity index (χ1) is 9.49. The first kappa shape index (κ1) is 14.6. The summed E-state index contributed by atoms with van der Waals surface area (Å²) < 4.78 is 6.29. The van der Waals surface area contributed by atoms with Crippen LogP contribution in [-0.2, 0) is 6.61 Å². The van der Waals surface area contributed by atoms with E-state index in [1.165, 1.54) is 6.07 Å². The number of anilines is 1. The molecule has 0 heterocycles. The van der Waals surface area contributed by atoms with Crippen LogP contribution < -0.4 is 10.5 Å². The third-order valence-corrected chi connectivity index (χ3v) is 3.50. The number of ether oxygens (including phenoxy) is 1. The number of halogens is 2. The molecular formula is C13H10BrClN2O3. The van der Waals surface area contributed by atoms with E-state index in [0.29, 0.717) is 20.8 Å². The van der Waals surface area contributed by atoms with Gasteiger partial charge in [-0.3, -0.25) is 10.1 Å². The molecule has 2 N–H and O–H groups in total. The second-order valence-electron chi connectivity index (χ2n) is 3.97. The molecule has 0 aliphatic rings. The molecule has 104 valence electrons. The summed E-state index contributed by atoms with van der Waals surface area (Å²) in [5.41, 5.74) is 6.30. The molecule has 7 heteroatoms. The quantitative estimate of drug-likeness (QED) is 0.506. The van der Waals surface area contributed by atoms with Gasteiger partial charge in [-0.2, -0.15) is 0 Å². The lowest BCUT2D eigenvalue weighted by molar-refractivity contribution is -0.384. The zero-order chi connectivity index (χ0) is 14.7. The number of nitrogen functional groups attached to an aromatic ring is 1. The summed E-state index contributed by atoms with van der Waals surface area (Å²) in [7, 11) is 0. The van der Waals surface area contributed by atoms with Gasteiger partial charge < -0.3 is 10.5 Å². The molecule has 5 nitrogen and oxygen atoms in total. The maximum absolute atomic E-state index is 10.8. The summed E-state index contributed by atoms with van der Waals surface area (Å²) in [6.45, 7) is 0.133. The Bertz CT molecular complexity index is 664. The molecule has 0 saturated carbocycles. The maximum Gasteiger partial charge on any atom is 0.292 e. The van der Waals surface area contributed by atoms with E-state index < -0.39 is 4.92 Å². The Morgan fingerprint density at radius 3 is 2.75 bits per heavy atom. The highest BCUT2D eigenvalue weighted by Gasteiger charge is 2.14. The van der Waals surface area contributed by atoms with E-state index >= 15 is 0 Å². The van der Waals surface area contributed by atoms with Crippen molar-refractivity contribution in [1.82, 2.24) is 0 Å². The molecule has 0 atom stereocenters. The molecule has 0 saturated heterocycles. The van der Waals surface area contributed by atoms with Crippen molar-refractivity contribution in [2.45, 2.75) is 6.61 Å². The highest BCUT2D eigenvalue weighted by atomic mass is 79.9. The zero-order valence-corrected chi connectivity index (χ0v) is 12.5. The number of nitrogens with two attached hydrogens (primary N) is 1. The minimum atomic E-state index is -0.517. The summed E-state index contributed by atoms with van der Waals surface area (Å²) in [5, 5.41) is 11.4. The Hall–Kier alpha value is -1.79. The van der Waals surface area contributed by atoms with Crippen molar-refractivity contribution in [2.75, 3.05) is 5.73 Å². The van der Waals surface area contributed by atoms with Crippen molar-refractivity contribution in [1.29, 1.82) is 0 Å². The van der Waals surface area contributed by atoms with Gasteiger partial charge in [0.2, 0.25) is 0 Å². The van der Waals surface area contributed by atoms with Gasteiger partial charge in [-0.15, -0.1) is 0 Å². The molecular weight excluding hydrogens is 348 g/mol. The van der Waals surface area contributed by atoms with E-state index in [9.17, 15) is 10.1 Å². The smallest absolute Gasteiger partial charge is 0.292 e. The van der Waals surface area contributed by atoms with E-state index in [4.69, 9.17) is 22.1 Å². The predicted octanol–water partition coefficient (Wildman–Crippen LogP) is 4.17. The molecule has 0 aliphatic carbocycles. The van der Waals surface area contributed by atoms with Crippen LogP contribution in [0.3, 0.4) is 0 Å². The van der Waals surface area contributed by atoms with E-state index in [1.54, 1.807) is 30.3 Å². The van der Waals surface area contributed by atoms with Crippen LogP contribution in [0, 0.1) is 10.1 Å². The van der Waals surface area contributed by atoms with E-state index in [2.05, 4.69) is 15.9 Å². The number of hydrogen-bond donors (Lipinski definition) is 1. The fraction of sp³-hybridized carbons (Fsp3) is 0.0769. The van der Waals surface area contributed by atoms with Crippen molar-refractivity contribution >= 4 is 38.9 Å². The van der Waals surface area contributed by atoms with E-state index in [1.807, 2.05) is 0 Å². The topological polar surface area (TPSA) is 78.4 Å². The van der Waals surface area contributed by atoms with Gasteiger partial charge in [0.1, 0.15) is 18.0 Å². The molecule has 0 spiro atoms. The Labute approximate surface area is 128 Å². The second-order valence-corrected chi connectivity index (χ2v) is 5.26. The second kappa shape index (κ2) is 6.11. The van der Waals surface area contributed by atoms with Crippen LogP contribution >= 0.6 is 27.5 Å². The molecule has 0 aliphatic heterocycles. The third-order valence-electron chi connectivity index (χ3n) is 2.65. The minimum absolute atomic E-state index is 0.114. The van der Waals surface area contributed by atoms with Gasteiger partial charge in [0.15, 0.2) is 0 Å². The molecule has 0 unspecified atom stereocenters. The number of benzene rings is 2. The average Bonchev–Trinajstić information content (AvgIpc) is 2.39. The Morgan fingerprint density at radius 1 is 1.35 bits per heavy atom. The Kier molecular flexibility index (Phi) is 4.46. The van der Waals surface area contributed by atoms with Gasteiger partial charge >= 0.3 is 0 Å². The number of rotatable bonds is 4. The summed E-state index contributed by atoms with van der Waals surface area (Å²) in [4.78, 5) is 10.3. The van der Waals surface area contributed by atoms with Crippen LogP contribution in [-0.4, -0.2) is 4.92 Å². The third kappa shape index (κ3) is 3.20. The van der Waals surface area contributed by atoms with Crippen molar-refractivity contribution in [3.05, 3.63) is 61.6 Å². The number of nitro benzene ring substituents is 1. The van der Waals surface area contributed by atoms with Crippen molar-refractivity contribution in [3.8, 4) is 5.75 Å². The van der Waals surface area contributed by atoms with Gasteiger partial charge in [-0.05, 0) is 34.1 Å². The van der Waals surface area contributed by atoms with E-state index in [0.717, 1.165) is 0 Å². The lowest BCUT2D eigenvalue weighted by Crippen LogP contribution is -2.03. The summed E-state index contributed by atoms with van der Waals surface area (Å²) in [6.07, 6.45) is 0. The molecule has 2 rings (SSSR count). The largest absolute Gasteiger partial charge is 0.488 e. The monoisotopic (exact) mass is 356 g/mol. The number of para-hydroxylation sites is 1. The highest BCUT2D eigenvalue weighted by molar-refractivity contribution is 9.10. The molecule has 2 aromatic carbocycles. The standard InChI is InChI=1S/C13H10BrClN2O3/c14-10-6-9(15)4-5-12(10)20-7-8-2-1-3-11(13(8)16)17(18)19/h1-6H,7,16H2. The molecule has 2 aromatic rings. The summed E-state index contributed by atoms with van der Waals surface area (Å²) in [5.74, 6) is 0.584. The Morgan fingerprint density at radius 2 is 2.10 bits per heavy atom. The van der Waals surface area contributed by atoms with Crippen molar-refractivity contribution in [2.24, 2.45) is 0 Å². The lowest BCUT2D eigenvalue weighted by Gasteiger charge is -2.10. The minimum Gasteiger partial charge on any atom is -0.488 e. The molecule has 0 bridgehead atoms. The van der Waals surface area contributed by atoms with Gasteiger partial charge in [-0.1, -0.05) is 23.7 Å². The number of hydrogen-bond acceptors (Lipinski definition) is 4. The molecule has 0 fully saturated rings. The summed E-state index contributed by atoms with van der Waals surface area (Å²) >= 11 is 9.16. The van der Waals surface area contributed by atoms with Gasteiger partial charge in [-0.25, -0.2) is 0 Å². The molecule has 0 amide bonds. The van der Waals surface area contributed by atoms with Gasteiger partial charge in [0.25, 0.3) is 5.69 Å². The van der Waals surface area contributed by atoms with Crippen LogP contribution in [0.25, 0.3) is 0 Å². The molecule has 0 aromatic heterocycles. The van der Waals surface area contributed by atoms with Gasteiger partial charge in [0.05, 0.1) is 9.40 Å². The van der Waals surface area contributed by atoms with Crippen molar-refractivity contribution < 1.29 is 9.66 Å². The lowest BCUT2D eigenvalue weighted by atomic mass is 10.1. The van der Waals surface area contributed by atoms with Crippen LogP contribution in [0.4, 0.5) is 11.4 Å². The van der Waals surface area contributed by atoms with Crippen LogP contribution in [0.1, 0.15) is 5.56 Å².